The molecule has 1 fully saturated rings. The lowest BCUT2D eigenvalue weighted by molar-refractivity contribution is -0.130. The highest BCUT2D eigenvalue weighted by Crippen LogP contribution is 2.24. The van der Waals surface area contributed by atoms with Gasteiger partial charge in [-0.15, -0.1) is 0 Å². The molecule has 2 aromatic carbocycles. The molecule has 1 saturated heterocycles. The van der Waals surface area contributed by atoms with Gasteiger partial charge in [-0.2, -0.15) is 0 Å². The van der Waals surface area contributed by atoms with Gasteiger partial charge in [-0.25, -0.2) is 0 Å². The smallest absolute Gasteiger partial charge is 0.251 e. The molecule has 5 nitrogen and oxygen atoms in total. The number of aliphatic imine (C=N–C) groups is 1. The van der Waals surface area contributed by atoms with Gasteiger partial charge in [0.1, 0.15) is 0 Å². The van der Waals surface area contributed by atoms with Crippen molar-refractivity contribution >= 4 is 62.7 Å². The van der Waals surface area contributed by atoms with Gasteiger partial charge in [0.15, 0.2) is 11.0 Å². The van der Waals surface area contributed by atoms with Crippen molar-refractivity contribution < 1.29 is 9.59 Å². The van der Waals surface area contributed by atoms with Crippen molar-refractivity contribution in [1.82, 2.24) is 5.32 Å². The number of carbonyl (C=O) groups excluding carboxylic acids is 2. The second-order valence-corrected chi connectivity index (χ2v) is 6.79. The Bertz CT molecular complexity index is 883. The molecule has 1 atom stereocenters. The molecule has 1 aliphatic heterocycles. The van der Waals surface area contributed by atoms with Crippen molar-refractivity contribution in [3.05, 3.63) is 58.6 Å². The number of hydrogen-bond donors (Lipinski definition) is 1. The molecule has 1 aliphatic rings. The first-order valence-electron chi connectivity index (χ1n) is 7.51. The van der Waals surface area contributed by atoms with E-state index in [4.69, 9.17) is 12.2 Å². The van der Waals surface area contributed by atoms with E-state index in [1.807, 2.05) is 31.2 Å². The Morgan fingerprint density at radius 3 is 2.60 bits per heavy atom. The number of anilines is 1. The molecular weight excluding hydrogens is 402 g/mol. The molecule has 126 valence electrons. The van der Waals surface area contributed by atoms with Crippen molar-refractivity contribution in [3.63, 3.8) is 0 Å². The number of aryl methyl sites for hydroxylation is 1. The lowest BCUT2D eigenvalue weighted by atomic mass is 10.1. The first-order chi connectivity index (χ1) is 12.0. The van der Waals surface area contributed by atoms with E-state index >= 15 is 0 Å². The minimum atomic E-state index is -1.03. The summed E-state index contributed by atoms with van der Waals surface area (Å²) < 4.78 is 0.941. The average molecular weight is 416 g/mol. The maximum absolute atomic E-state index is 12.8. The van der Waals surface area contributed by atoms with E-state index in [-0.39, 0.29) is 5.11 Å². The summed E-state index contributed by atoms with van der Waals surface area (Å²) >= 11 is 8.54. The lowest BCUT2D eigenvalue weighted by Gasteiger charge is -2.30. The highest BCUT2D eigenvalue weighted by Gasteiger charge is 2.38. The predicted molar refractivity (Wildman–Crippen MR) is 105 cm³/mol. The molecule has 1 unspecified atom stereocenters. The van der Waals surface area contributed by atoms with Crippen molar-refractivity contribution in [1.29, 1.82) is 0 Å². The van der Waals surface area contributed by atoms with Crippen LogP contribution < -0.4 is 10.2 Å². The molecule has 1 heterocycles. The van der Waals surface area contributed by atoms with Gasteiger partial charge in [-0.3, -0.25) is 19.5 Å². The van der Waals surface area contributed by atoms with Gasteiger partial charge < -0.3 is 5.32 Å². The summed E-state index contributed by atoms with van der Waals surface area (Å²) in [6, 6.07) is 14.6. The van der Waals surface area contributed by atoms with E-state index < -0.39 is 17.7 Å². The van der Waals surface area contributed by atoms with Crippen LogP contribution in [0.5, 0.6) is 0 Å². The number of benzene rings is 2. The van der Waals surface area contributed by atoms with Crippen LogP contribution in [-0.4, -0.2) is 23.1 Å². The Balaban J connectivity index is 1.90. The second kappa shape index (κ2) is 7.25. The fraction of sp³-hybridized carbons (Fsp3) is 0.111. The maximum atomic E-state index is 12.8. The molecular formula is C18H14BrN3O2S. The topological polar surface area (TPSA) is 61.8 Å². The summed E-state index contributed by atoms with van der Waals surface area (Å²) in [4.78, 5) is 30.6. The Morgan fingerprint density at radius 2 is 1.92 bits per heavy atom. The molecule has 0 bridgehead atoms. The normalized spacial score (nSPS) is 17.9. The van der Waals surface area contributed by atoms with Crippen LogP contribution in [0, 0.1) is 12.8 Å². The number of carbonyl (C=O) groups is 2. The van der Waals surface area contributed by atoms with E-state index in [9.17, 15) is 9.59 Å². The third-order valence-corrected chi connectivity index (χ3v) is 4.52. The third-order valence-electron chi connectivity index (χ3n) is 3.74. The molecule has 2 amide bonds. The van der Waals surface area contributed by atoms with Gasteiger partial charge >= 0.3 is 0 Å². The van der Waals surface area contributed by atoms with E-state index in [0.717, 1.165) is 10.0 Å². The summed E-state index contributed by atoms with van der Waals surface area (Å²) in [5.74, 6) is -1.92. The van der Waals surface area contributed by atoms with E-state index in [1.54, 1.807) is 24.3 Å². The third kappa shape index (κ3) is 3.67. The zero-order chi connectivity index (χ0) is 18.0. The number of amides is 2. The number of para-hydroxylation sites is 1. The molecule has 0 radical (unpaired) electrons. The minimum Gasteiger partial charge on any atom is -0.301 e. The molecule has 2 aromatic rings. The molecule has 7 heteroatoms. The molecule has 3 rings (SSSR count). The summed E-state index contributed by atoms with van der Waals surface area (Å²) in [5.41, 5.74) is 2.24. The summed E-state index contributed by atoms with van der Waals surface area (Å²) in [6.07, 6.45) is 1.37. The second-order valence-electron chi connectivity index (χ2n) is 5.49. The zero-order valence-electron chi connectivity index (χ0n) is 13.3. The standard InChI is InChI=1S/C18H14BrN3O2S/c1-11-9-12(19)7-8-15(11)20-10-14-16(23)21-18(25)22(17(14)24)13-5-3-2-4-6-13/h2-10,14H,1H3,(H,21,23,25). The van der Waals surface area contributed by atoms with E-state index in [1.165, 1.54) is 11.1 Å². The van der Waals surface area contributed by atoms with Crippen LogP contribution in [0.3, 0.4) is 0 Å². The highest BCUT2D eigenvalue weighted by atomic mass is 79.9. The highest BCUT2D eigenvalue weighted by molar-refractivity contribution is 9.10. The van der Waals surface area contributed by atoms with Crippen LogP contribution in [0.15, 0.2) is 58.0 Å². The van der Waals surface area contributed by atoms with Gasteiger partial charge in [0.25, 0.3) is 5.91 Å². The Morgan fingerprint density at radius 1 is 1.20 bits per heavy atom. The van der Waals surface area contributed by atoms with E-state index in [0.29, 0.717) is 11.4 Å². The lowest BCUT2D eigenvalue weighted by Crippen LogP contribution is -2.58. The predicted octanol–water partition coefficient (Wildman–Crippen LogP) is 3.52. The average Bonchev–Trinajstić information content (AvgIpc) is 2.57. The van der Waals surface area contributed by atoms with Crippen molar-refractivity contribution in [2.24, 2.45) is 10.9 Å². The van der Waals surface area contributed by atoms with Crippen LogP contribution in [0.2, 0.25) is 0 Å². The number of rotatable bonds is 3. The molecule has 25 heavy (non-hydrogen) atoms. The van der Waals surface area contributed by atoms with Crippen molar-refractivity contribution in [2.45, 2.75) is 6.92 Å². The van der Waals surface area contributed by atoms with E-state index in [2.05, 4.69) is 26.2 Å². The van der Waals surface area contributed by atoms with Gasteiger partial charge in [0.05, 0.1) is 11.4 Å². The maximum Gasteiger partial charge on any atom is 0.251 e. The first kappa shape index (κ1) is 17.4. The Hall–Kier alpha value is -2.38. The first-order valence-corrected chi connectivity index (χ1v) is 8.71. The quantitative estimate of drug-likeness (QED) is 0.473. The monoisotopic (exact) mass is 415 g/mol. The summed E-state index contributed by atoms with van der Waals surface area (Å²) in [6.45, 7) is 1.91. The van der Waals surface area contributed by atoms with Crippen LogP contribution >= 0.6 is 28.1 Å². The van der Waals surface area contributed by atoms with Crippen LogP contribution in [0.4, 0.5) is 11.4 Å². The SMILES string of the molecule is Cc1cc(Br)ccc1N=CC1C(=O)NC(=S)N(c2ccccc2)C1=O. The largest absolute Gasteiger partial charge is 0.301 e. The van der Waals surface area contributed by atoms with Gasteiger partial charge in [-0.1, -0.05) is 34.1 Å². The molecule has 0 aromatic heterocycles. The Labute approximate surface area is 158 Å². The Kier molecular flexibility index (Phi) is 5.06. The minimum absolute atomic E-state index is 0.0747. The van der Waals surface area contributed by atoms with Crippen LogP contribution in [0.25, 0.3) is 0 Å². The number of nitrogens with zero attached hydrogens (tertiary/aromatic N) is 2. The number of nitrogens with one attached hydrogen (secondary N) is 1. The number of hydrogen-bond acceptors (Lipinski definition) is 4. The molecule has 0 spiro atoms. The van der Waals surface area contributed by atoms with Gasteiger partial charge in [0, 0.05) is 10.7 Å². The van der Waals surface area contributed by atoms with Crippen LogP contribution in [-0.2, 0) is 9.59 Å². The van der Waals surface area contributed by atoms with Crippen molar-refractivity contribution in [3.8, 4) is 0 Å². The molecule has 1 N–H and O–H groups in total. The summed E-state index contributed by atoms with van der Waals surface area (Å²) in [7, 11) is 0. The van der Waals surface area contributed by atoms with Crippen LogP contribution in [0.1, 0.15) is 5.56 Å². The summed E-state index contributed by atoms with van der Waals surface area (Å²) in [5, 5.41) is 2.64. The van der Waals surface area contributed by atoms with Crippen molar-refractivity contribution in [2.75, 3.05) is 4.90 Å². The fourth-order valence-corrected chi connectivity index (χ4v) is 3.23. The molecule has 0 aliphatic carbocycles. The van der Waals surface area contributed by atoms with Gasteiger partial charge in [0.2, 0.25) is 5.91 Å². The number of thiocarbonyl (C=S) groups is 1. The number of halogens is 1. The molecule has 0 saturated carbocycles. The fourth-order valence-electron chi connectivity index (χ4n) is 2.46. The zero-order valence-corrected chi connectivity index (χ0v) is 15.7. The van der Waals surface area contributed by atoms with Gasteiger partial charge in [-0.05, 0) is 55.0 Å².